The molecule has 1 aliphatic rings. The molecule has 0 amide bonds. The zero-order valence-corrected chi connectivity index (χ0v) is 19.0. The first kappa shape index (κ1) is 20.0. The van der Waals surface area contributed by atoms with Gasteiger partial charge in [-0.3, -0.25) is 4.98 Å². The lowest BCUT2D eigenvalue weighted by atomic mass is 10.1. The highest BCUT2D eigenvalue weighted by molar-refractivity contribution is 9.10. The Kier molecular flexibility index (Phi) is 5.61. The van der Waals surface area contributed by atoms with Gasteiger partial charge in [0.05, 0.1) is 5.52 Å². The molecule has 1 saturated heterocycles. The van der Waals surface area contributed by atoms with Crippen molar-refractivity contribution in [1.29, 1.82) is 0 Å². The van der Waals surface area contributed by atoms with Gasteiger partial charge >= 0.3 is 0 Å². The Morgan fingerprint density at radius 2 is 1.58 bits per heavy atom. The summed E-state index contributed by atoms with van der Waals surface area (Å²) >= 11 is 9.59. The largest absolute Gasteiger partial charge is 0.367 e. The standard InChI is InChI=1S/C23H20BrClN6/c24-16-1-4-18(5-2-16)28-23-27-10-8-22(29-23)31-13-11-30(12-14-31)21-7-9-26-20-15-17(25)3-6-19(20)21/h1-10,15H,11-14H2,(H,27,28,29). The highest BCUT2D eigenvalue weighted by Crippen LogP contribution is 2.29. The number of halogens is 2. The average molecular weight is 496 g/mol. The van der Waals surface area contributed by atoms with E-state index in [-0.39, 0.29) is 0 Å². The van der Waals surface area contributed by atoms with Crippen LogP contribution in [0.25, 0.3) is 10.9 Å². The summed E-state index contributed by atoms with van der Waals surface area (Å²) < 4.78 is 1.04. The molecule has 8 heteroatoms. The van der Waals surface area contributed by atoms with Crippen molar-refractivity contribution in [3.63, 3.8) is 0 Å². The lowest BCUT2D eigenvalue weighted by Gasteiger charge is -2.37. The van der Waals surface area contributed by atoms with Gasteiger partial charge < -0.3 is 15.1 Å². The van der Waals surface area contributed by atoms with Gasteiger partial charge in [0.2, 0.25) is 5.95 Å². The molecule has 0 atom stereocenters. The van der Waals surface area contributed by atoms with E-state index in [1.54, 1.807) is 6.20 Å². The predicted octanol–water partition coefficient (Wildman–Crippen LogP) is 5.51. The number of nitrogens with zero attached hydrogens (tertiary/aromatic N) is 5. The molecule has 6 nitrogen and oxygen atoms in total. The van der Waals surface area contributed by atoms with Crippen LogP contribution in [0, 0.1) is 0 Å². The zero-order valence-electron chi connectivity index (χ0n) is 16.7. The van der Waals surface area contributed by atoms with Gasteiger partial charge in [-0.2, -0.15) is 4.98 Å². The molecule has 5 rings (SSSR count). The van der Waals surface area contributed by atoms with Crippen LogP contribution in [0.5, 0.6) is 0 Å². The number of fused-ring (bicyclic) bond motifs is 1. The van der Waals surface area contributed by atoms with Crippen molar-refractivity contribution in [1.82, 2.24) is 15.0 Å². The van der Waals surface area contributed by atoms with E-state index in [0.29, 0.717) is 11.0 Å². The maximum atomic E-state index is 6.13. The van der Waals surface area contributed by atoms with E-state index in [1.807, 2.05) is 48.7 Å². The highest BCUT2D eigenvalue weighted by atomic mass is 79.9. The molecule has 1 fully saturated rings. The lowest BCUT2D eigenvalue weighted by Crippen LogP contribution is -2.47. The van der Waals surface area contributed by atoms with E-state index < -0.39 is 0 Å². The summed E-state index contributed by atoms with van der Waals surface area (Å²) in [5.74, 6) is 1.53. The molecule has 4 aromatic rings. The van der Waals surface area contributed by atoms with Crippen LogP contribution in [0.4, 0.5) is 23.1 Å². The summed E-state index contributed by atoms with van der Waals surface area (Å²) in [4.78, 5) is 18.2. The number of hydrogen-bond acceptors (Lipinski definition) is 6. The monoisotopic (exact) mass is 494 g/mol. The van der Waals surface area contributed by atoms with Gasteiger partial charge in [-0.25, -0.2) is 4.98 Å². The first-order chi connectivity index (χ1) is 15.2. The molecule has 1 aliphatic heterocycles. The van der Waals surface area contributed by atoms with Gasteiger partial charge in [0.15, 0.2) is 0 Å². The molecule has 0 aliphatic carbocycles. The molecule has 0 saturated carbocycles. The summed E-state index contributed by atoms with van der Waals surface area (Å²) in [6, 6.07) is 17.9. The van der Waals surface area contributed by atoms with Crippen LogP contribution in [0.1, 0.15) is 0 Å². The molecule has 1 N–H and O–H groups in total. The Bertz CT molecular complexity index is 1210. The fraction of sp³-hybridized carbons (Fsp3) is 0.174. The summed E-state index contributed by atoms with van der Waals surface area (Å²) in [5, 5.41) is 5.11. The quantitative estimate of drug-likeness (QED) is 0.403. The van der Waals surface area contributed by atoms with Crippen molar-refractivity contribution in [3.05, 3.63) is 76.5 Å². The lowest BCUT2D eigenvalue weighted by molar-refractivity contribution is 0.648. The minimum absolute atomic E-state index is 0.597. The van der Waals surface area contributed by atoms with E-state index in [9.17, 15) is 0 Å². The predicted molar refractivity (Wildman–Crippen MR) is 131 cm³/mol. The van der Waals surface area contributed by atoms with Crippen molar-refractivity contribution in [2.45, 2.75) is 0 Å². The minimum atomic E-state index is 0.597. The zero-order chi connectivity index (χ0) is 21.2. The number of pyridine rings is 1. The molecule has 3 heterocycles. The van der Waals surface area contributed by atoms with Crippen molar-refractivity contribution in [2.24, 2.45) is 0 Å². The molecule has 2 aromatic heterocycles. The fourth-order valence-corrected chi connectivity index (χ4v) is 4.24. The molecular weight excluding hydrogens is 476 g/mol. The Labute approximate surface area is 194 Å². The molecule has 0 radical (unpaired) electrons. The van der Waals surface area contributed by atoms with E-state index >= 15 is 0 Å². The van der Waals surface area contributed by atoms with Gasteiger partial charge in [-0.15, -0.1) is 0 Å². The summed E-state index contributed by atoms with van der Waals surface area (Å²) in [6.07, 6.45) is 3.65. The van der Waals surface area contributed by atoms with Gasteiger partial charge in [0, 0.05) is 64.8 Å². The Hall–Kier alpha value is -2.90. The van der Waals surface area contributed by atoms with Gasteiger partial charge in [0.1, 0.15) is 5.82 Å². The van der Waals surface area contributed by atoms with Crippen LogP contribution < -0.4 is 15.1 Å². The number of hydrogen-bond donors (Lipinski definition) is 1. The third kappa shape index (κ3) is 4.43. The highest BCUT2D eigenvalue weighted by Gasteiger charge is 2.20. The molecule has 0 spiro atoms. The molecule has 156 valence electrons. The summed E-state index contributed by atoms with van der Waals surface area (Å²) in [6.45, 7) is 3.57. The number of piperazine rings is 1. The second-order valence-electron chi connectivity index (χ2n) is 7.34. The van der Waals surface area contributed by atoms with Crippen molar-refractivity contribution in [2.75, 3.05) is 41.3 Å². The van der Waals surface area contributed by atoms with Crippen LogP contribution in [0.15, 0.2) is 71.5 Å². The second kappa shape index (κ2) is 8.69. The Morgan fingerprint density at radius 1 is 0.839 bits per heavy atom. The van der Waals surface area contributed by atoms with E-state index in [0.717, 1.165) is 53.1 Å². The second-order valence-corrected chi connectivity index (χ2v) is 8.69. The number of nitrogens with one attached hydrogen (secondary N) is 1. The summed E-state index contributed by atoms with van der Waals surface area (Å²) in [7, 11) is 0. The SMILES string of the molecule is Clc1ccc2c(N3CCN(c4ccnc(Nc5ccc(Br)cc5)n4)CC3)ccnc2c1. The average Bonchev–Trinajstić information content (AvgIpc) is 2.80. The Balaban J connectivity index is 1.29. The number of aromatic nitrogens is 3. The van der Waals surface area contributed by atoms with Crippen LogP contribution in [-0.4, -0.2) is 41.1 Å². The first-order valence-electron chi connectivity index (χ1n) is 10.1. The van der Waals surface area contributed by atoms with Crippen LogP contribution in [0.3, 0.4) is 0 Å². The van der Waals surface area contributed by atoms with E-state index in [1.165, 1.54) is 5.69 Å². The van der Waals surface area contributed by atoms with Gasteiger partial charge in [-0.1, -0.05) is 27.5 Å². The number of rotatable bonds is 4. The molecule has 0 unspecified atom stereocenters. The van der Waals surface area contributed by atoms with Crippen molar-refractivity contribution >= 4 is 61.6 Å². The Morgan fingerprint density at radius 3 is 2.39 bits per heavy atom. The third-order valence-electron chi connectivity index (χ3n) is 5.37. The van der Waals surface area contributed by atoms with Crippen LogP contribution >= 0.6 is 27.5 Å². The minimum Gasteiger partial charge on any atom is -0.367 e. The van der Waals surface area contributed by atoms with Crippen LogP contribution in [-0.2, 0) is 0 Å². The van der Waals surface area contributed by atoms with Crippen molar-refractivity contribution < 1.29 is 0 Å². The maximum absolute atomic E-state index is 6.13. The topological polar surface area (TPSA) is 57.2 Å². The maximum Gasteiger partial charge on any atom is 0.229 e. The van der Waals surface area contributed by atoms with E-state index in [4.69, 9.17) is 16.6 Å². The molecular formula is C23H20BrClN6. The van der Waals surface area contributed by atoms with Gasteiger partial charge in [0.25, 0.3) is 0 Å². The number of anilines is 4. The molecule has 2 aromatic carbocycles. The third-order valence-corrected chi connectivity index (χ3v) is 6.13. The molecule has 0 bridgehead atoms. The fourth-order valence-electron chi connectivity index (χ4n) is 3.81. The summed E-state index contributed by atoms with van der Waals surface area (Å²) in [5.41, 5.74) is 3.07. The number of benzene rings is 2. The first-order valence-corrected chi connectivity index (χ1v) is 11.2. The molecule has 31 heavy (non-hydrogen) atoms. The van der Waals surface area contributed by atoms with Gasteiger partial charge in [-0.05, 0) is 54.6 Å². The normalized spacial score (nSPS) is 14.1. The van der Waals surface area contributed by atoms with Crippen LogP contribution in [0.2, 0.25) is 5.02 Å². The van der Waals surface area contributed by atoms with Crippen molar-refractivity contribution in [3.8, 4) is 0 Å². The smallest absolute Gasteiger partial charge is 0.229 e. The van der Waals surface area contributed by atoms with E-state index in [2.05, 4.69) is 53.1 Å².